The Morgan fingerprint density at radius 1 is 1.40 bits per heavy atom. The summed E-state index contributed by atoms with van der Waals surface area (Å²) in [7, 11) is 0. The number of rotatable bonds is 2. The van der Waals surface area contributed by atoms with Crippen LogP contribution in [0, 0.1) is 0 Å². The van der Waals surface area contributed by atoms with Gasteiger partial charge in [-0.3, -0.25) is 4.79 Å². The van der Waals surface area contributed by atoms with E-state index in [9.17, 15) is 4.79 Å². The van der Waals surface area contributed by atoms with Crippen LogP contribution in [0.25, 0.3) is 0 Å². The first-order valence-corrected chi connectivity index (χ1v) is 5.93. The van der Waals surface area contributed by atoms with E-state index in [1.165, 1.54) is 12.8 Å². The average molecular weight is 209 g/mol. The van der Waals surface area contributed by atoms with E-state index in [0.29, 0.717) is 13.2 Å². The molecule has 1 aliphatic heterocycles. The predicted octanol–water partition coefficient (Wildman–Crippen LogP) is 1.43. The van der Waals surface area contributed by atoms with Crippen molar-refractivity contribution in [1.82, 2.24) is 5.32 Å². The molecule has 84 valence electrons. The first-order chi connectivity index (χ1) is 7.38. The highest BCUT2D eigenvalue weighted by atomic mass is 16.5. The minimum absolute atomic E-state index is 0.212. The summed E-state index contributed by atoms with van der Waals surface area (Å²) < 4.78 is 5.48. The summed E-state index contributed by atoms with van der Waals surface area (Å²) in [6.07, 6.45) is 7.51. The molecule has 1 saturated heterocycles. The zero-order valence-corrected chi connectivity index (χ0v) is 9.13. The first-order valence-electron chi connectivity index (χ1n) is 5.93. The van der Waals surface area contributed by atoms with Gasteiger partial charge in [-0.25, -0.2) is 0 Å². The summed E-state index contributed by atoms with van der Waals surface area (Å²) in [6.45, 7) is 2.20. The van der Waals surface area contributed by atoms with Gasteiger partial charge in [0.05, 0.1) is 6.61 Å². The number of hydrogen-bond donors (Lipinski definition) is 1. The van der Waals surface area contributed by atoms with Gasteiger partial charge in [0.1, 0.15) is 6.10 Å². The number of nitrogens with one attached hydrogen (secondary N) is 1. The molecule has 1 heterocycles. The Balaban J connectivity index is 1.95. The molecule has 1 fully saturated rings. The second-order valence-corrected chi connectivity index (χ2v) is 4.26. The lowest BCUT2D eigenvalue weighted by atomic mass is 10.0. The van der Waals surface area contributed by atoms with Gasteiger partial charge < -0.3 is 10.1 Å². The third-order valence-corrected chi connectivity index (χ3v) is 3.08. The molecule has 2 rings (SSSR count). The summed E-state index contributed by atoms with van der Waals surface area (Å²) in [5.74, 6) is 0.212. The van der Waals surface area contributed by atoms with Crippen molar-refractivity contribution in [2.75, 3.05) is 19.7 Å². The molecule has 1 atom stereocenters. The summed E-state index contributed by atoms with van der Waals surface area (Å²) >= 11 is 0. The molecule has 3 nitrogen and oxygen atoms in total. The zero-order chi connectivity index (χ0) is 10.5. The maximum atomic E-state index is 12.1. The van der Waals surface area contributed by atoms with Gasteiger partial charge in [0.2, 0.25) is 0 Å². The number of carbonyl (C=O) groups excluding carboxylic acids is 1. The fourth-order valence-corrected chi connectivity index (χ4v) is 2.18. The van der Waals surface area contributed by atoms with Crippen molar-refractivity contribution >= 4 is 5.78 Å². The molecule has 0 aromatic heterocycles. The zero-order valence-electron chi connectivity index (χ0n) is 9.13. The lowest BCUT2D eigenvalue weighted by Gasteiger charge is -2.23. The van der Waals surface area contributed by atoms with Gasteiger partial charge in [0.15, 0.2) is 5.78 Å². The maximum absolute atomic E-state index is 12.1. The van der Waals surface area contributed by atoms with Crippen LogP contribution in [0.15, 0.2) is 11.6 Å². The highest BCUT2D eigenvalue weighted by molar-refractivity contribution is 5.99. The minimum Gasteiger partial charge on any atom is -0.367 e. The molecule has 0 aromatic carbocycles. The molecule has 0 bridgehead atoms. The van der Waals surface area contributed by atoms with E-state index in [-0.39, 0.29) is 11.9 Å². The van der Waals surface area contributed by atoms with Crippen LogP contribution in [-0.2, 0) is 9.53 Å². The summed E-state index contributed by atoms with van der Waals surface area (Å²) in [4.78, 5) is 12.1. The van der Waals surface area contributed by atoms with E-state index >= 15 is 0 Å². The van der Waals surface area contributed by atoms with Crippen molar-refractivity contribution in [2.24, 2.45) is 0 Å². The van der Waals surface area contributed by atoms with Crippen molar-refractivity contribution < 1.29 is 9.53 Å². The van der Waals surface area contributed by atoms with Crippen LogP contribution >= 0.6 is 0 Å². The summed E-state index contributed by atoms with van der Waals surface area (Å²) in [6, 6.07) is 0. The molecular formula is C12H19NO2. The van der Waals surface area contributed by atoms with Crippen molar-refractivity contribution in [3.8, 4) is 0 Å². The van der Waals surface area contributed by atoms with Gasteiger partial charge in [0, 0.05) is 13.1 Å². The molecule has 2 aliphatic rings. The topological polar surface area (TPSA) is 38.3 Å². The molecule has 0 saturated carbocycles. The molecule has 0 amide bonds. The summed E-state index contributed by atoms with van der Waals surface area (Å²) in [5.41, 5.74) is 1.00. The molecule has 1 aliphatic carbocycles. The molecule has 1 N–H and O–H groups in total. The van der Waals surface area contributed by atoms with Crippen molar-refractivity contribution in [3.05, 3.63) is 11.6 Å². The Hall–Kier alpha value is -0.670. The van der Waals surface area contributed by atoms with Crippen LogP contribution in [0.5, 0.6) is 0 Å². The second-order valence-electron chi connectivity index (χ2n) is 4.26. The standard InChI is InChI=1S/C12H19NO2/c14-12(11-9-13-7-8-15-11)10-5-3-1-2-4-6-10/h5,11,13H,1-4,6-9H2. The average Bonchev–Trinajstić information content (AvgIpc) is 2.58. The highest BCUT2D eigenvalue weighted by Crippen LogP contribution is 2.19. The summed E-state index contributed by atoms with van der Waals surface area (Å²) in [5, 5.41) is 3.20. The molecule has 0 radical (unpaired) electrons. The van der Waals surface area contributed by atoms with Crippen LogP contribution in [-0.4, -0.2) is 31.6 Å². The van der Waals surface area contributed by atoms with Gasteiger partial charge in [-0.15, -0.1) is 0 Å². The van der Waals surface area contributed by atoms with Crippen LogP contribution in [0.4, 0.5) is 0 Å². The quantitative estimate of drug-likeness (QED) is 0.747. The molecule has 15 heavy (non-hydrogen) atoms. The molecule has 3 heteroatoms. The number of allylic oxidation sites excluding steroid dienone is 1. The smallest absolute Gasteiger partial charge is 0.188 e. The molecular weight excluding hydrogens is 190 g/mol. The minimum atomic E-state index is -0.233. The Morgan fingerprint density at radius 3 is 3.13 bits per heavy atom. The molecule has 0 aromatic rings. The monoisotopic (exact) mass is 209 g/mol. The first kappa shape index (κ1) is 10.8. The van der Waals surface area contributed by atoms with E-state index < -0.39 is 0 Å². The van der Waals surface area contributed by atoms with Crippen molar-refractivity contribution in [2.45, 2.75) is 38.2 Å². The number of hydrogen-bond acceptors (Lipinski definition) is 3. The van der Waals surface area contributed by atoms with Gasteiger partial charge in [0.25, 0.3) is 0 Å². The maximum Gasteiger partial charge on any atom is 0.188 e. The number of Topliss-reactive ketones (excluding diaryl/α,β-unsaturated/α-hetero) is 1. The number of ketones is 1. The Kier molecular flexibility index (Phi) is 3.92. The third-order valence-electron chi connectivity index (χ3n) is 3.08. The van der Waals surface area contributed by atoms with Crippen molar-refractivity contribution in [3.63, 3.8) is 0 Å². The normalized spacial score (nSPS) is 28.0. The van der Waals surface area contributed by atoms with Crippen molar-refractivity contribution in [1.29, 1.82) is 0 Å². The van der Waals surface area contributed by atoms with E-state index in [1.54, 1.807) is 0 Å². The number of ether oxygens (including phenoxy) is 1. The van der Waals surface area contributed by atoms with Gasteiger partial charge in [-0.1, -0.05) is 12.5 Å². The lowest BCUT2D eigenvalue weighted by Crippen LogP contribution is -2.43. The van der Waals surface area contributed by atoms with Crippen LogP contribution in [0.2, 0.25) is 0 Å². The van der Waals surface area contributed by atoms with E-state index in [1.807, 2.05) is 0 Å². The fourth-order valence-electron chi connectivity index (χ4n) is 2.18. The second kappa shape index (κ2) is 5.42. The number of carbonyl (C=O) groups is 1. The van der Waals surface area contributed by atoms with E-state index in [0.717, 1.165) is 31.4 Å². The van der Waals surface area contributed by atoms with Crippen LogP contribution in [0.3, 0.4) is 0 Å². The Morgan fingerprint density at radius 2 is 2.33 bits per heavy atom. The fraction of sp³-hybridized carbons (Fsp3) is 0.750. The largest absolute Gasteiger partial charge is 0.367 e. The SMILES string of the molecule is O=C(C1=CCCCCC1)C1CNCCO1. The Bertz CT molecular complexity index is 254. The highest BCUT2D eigenvalue weighted by Gasteiger charge is 2.24. The molecule has 0 spiro atoms. The van der Waals surface area contributed by atoms with Gasteiger partial charge in [-0.05, 0) is 31.3 Å². The molecule has 1 unspecified atom stereocenters. The van der Waals surface area contributed by atoms with E-state index in [2.05, 4.69) is 11.4 Å². The predicted molar refractivity (Wildman–Crippen MR) is 58.8 cm³/mol. The van der Waals surface area contributed by atoms with Gasteiger partial charge >= 0.3 is 0 Å². The van der Waals surface area contributed by atoms with Gasteiger partial charge in [-0.2, -0.15) is 0 Å². The van der Waals surface area contributed by atoms with E-state index in [4.69, 9.17) is 4.74 Å². The third kappa shape index (κ3) is 2.89. The Labute approximate surface area is 90.9 Å². The number of morpholine rings is 1. The van der Waals surface area contributed by atoms with Crippen LogP contribution < -0.4 is 5.32 Å². The lowest BCUT2D eigenvalue weighted by molar-refractivity contribution is -0.128. The van der Waals surface area contributed by atoms with Crippen LogP contribution in [0.1, 0.15) is 32.1 Å².